The minimum absolute atomic E-state index is 0.126. The number of rotatable bonds is 6. The Morgan fingerprint density at radius 2 is 1.70 bits per heavy atom. The van der Waals surface area contributed by atoms with Gasteiger partial charge in [-0.15, -0.1) is 0 Å². The maximum Gasteiger partial charge on any atom is 0.269 e. The van der Waals surface area contributed by atoms with E-state index in [2.05, 4.69) is 4.98 Å². The fraction of sp³-hybridized carbons (Fsp3) is 0.222. The van der Waals surface area contributed by atoms with Crippen molar-refractivity contribution in [2.24, 2.45) is 0 Å². The number of hydrogen-bond donors (Lipinski definition) is 0. The molecule has 5 nitrogen and oxygen atoms in total. The topological polar surface area (TPSA) is 53.4 Å². The number of hydrogen-bond acceptors (Lipinski definition) is 4. The van der Waals surface area contributed by atoms with Crippen molar-refractivity contribution in [2.45, 2.75) is 13.5 Å². The normalized spacial score (nSPS) is 10.7. The largest absolute Gasteiger partial charge is 0.494 e. The average Bonchev–Trinajstić information content (AvgIpc) is 2.59. The Labute approximate surface area is 134 Å². The van der Waals surface area contributed by atoms with Gasteiger partial charge in [0.15, 0.2) is 0 Å². The molecule has 23 heavy (non-hydrogen) atoms. The molecule has 0 radical (unpaired) electrons. The molecule has 0 atom stereocenters. The summed E-state index contributed by atoms with van der Waals surface area (Å²) in [6, 6.07) is 15.0. The van der Waals surface area contributed by atoms with E-state index in [1.54, 1.807) is 4.57 Å². The third kappa shape index (κ3) is 3.51. The standard InChI is InChI=1S/C18H18N2O3/c1-2-22-14-7-9-15(10-8-14)23-12-11-20-17-6-4-3-5-16(17)19-13-18(20)21/h3-10,13H,2,11-12H2,1H3. The molecule has 3 aromatic rings. The van der Waals surface area contributed by atoms with Crippen LogP contribution in [0, 0.1) is 0 Å². The number of nitrogens with zero attached hydrogens (tertiary/aromatic N) is 2. The van der Waals surface area contributed by atoms with E-state index >= 15 is 0 Å². The van der Waals surface area contributed by atoms with Crippen LogP contribution in [0.3, 0.4) is 0 Å². The van der Waals surface area contributed by atoms with E-state index in [1.807, 2.05) is 55.5 Å². The van der Waals surface area contributed by atoms with Gasteiger partial charge in [-0.25, -0.2) is 4.98 Å². The third-order valence-electron chi connectivity index (χ3n) is 3.47. The van der Waals surface area contributed by atoms with Crippen molar-refractivity contribution in [1.82, 2.24) is 9.55 Å². The number of para-hydroxylation sites is 2. The Bertz CT molecular complexity index is 841. The van der Waals surface area contributed by atoms with E-state index in [0.717, 1.165) is 22.5 Å². The SMILES string of the molecule is CCOc1ccc(OCCn2c(=O)cnc3ccccc32)cc1. The van der Waals surface area contributed by atoms with Crippen LogP contribution in [0.2, 0.25) is 0 Å². The lowest BCUT2D eigenvalue weighted by atomic mass is 10.3. The van der Waals surface area contributed by atoms with E-state index in [-0.39, 0.29) is 5.56 Å². The van der Waals surface area contributed by atoms with E-state index in [4.69, 9.17) is 9.47 Å². The van der Waals surface area contributed by atoms with Crippen LogP contribution in [0.1, 0.15) is 6.92 Å². The summed E-state index contributed by atoms with van der Waals surface area (Å²) < 4.78 is 12.8. The molecule has 3 rings (SSSR count). The van der Waals surface area contributed by atoms with Crippen LogP contribution in [-0.2, 0) is 6.54 Å². The van der Waals surface area contributed by atoms with Crippen molar-refractivity contribution in [3.63, 3.8) is 0 Å². The highest BCUT2D eigenvalue weighted by Gasteiger charge is 2.04. The smallest absolute Gasteiger partial charge is 0.269 e. The number of aromatic nitrogens is 2. The van der Waals surface area contributed by atoms with E-state index in [9.17, 15) is 4.79 Å². The monoisotopic (exact) mass is 310 g/mol. The van der Waals surface area contributed by atoms with Crippen molar-refractivity contribution < 1.29 is 9.47 Å². The summed E-state index contributed by atoms with van der Waals surface area (Å²) in [5.74, 6) is 1.57. The Balaban J connectivity index is 1.69. The van der Waals surface area contributed by atoms with Gasteiger partial charge in [-0.3, -0.25) is 4.79 Å². The van der Waals surface area contributed by atoms with Crippen LogP contribution in [0.25, 0.3) is 11.0 Å². The maximum absolute atomic E-state index is 12.0. The van der Waals surface area contributed by atoms with E-state index in [0.29, 0.717) is 19.8 Å². The van der Waals surface area contributed by atoms with Gasteiger partial charge in [0, 0.05) is 0 Å². The first-order chi connectivity index (χ1) is 11.3. The van der Waals surface area contributed by atoms with Gasteiger partial charge >= 0.3 is 0 Å². The third-order valence-corrected chi connectivity index (χ3v) is 3.47. The molecule has 0 bridgehead atoms. The Morgan fingerprint density at radius 1 is 1.00 bits per heavy atom. The lowest BCUT2D eigenvalue weighted by Gasteiger charge is -2.11. The molecule has 118 valence electrons. The molecule has 0 aliphatic carbocycles. The van der Waals surface area contributed by atoms with Crippen LogP contribution in [0.5, 0.6) is 11.5 Å². The van der Waals surface area contributed by atoms with E-state index < -0.39 is 0 Å². The molecule has 5 heteroatoms. The summed E-state index contributed by atoms with van der Waals surface area (Å²) >= 11 is 0. The molecule has 0 unspecified atom stereocenters. The minimum atomic E-state index is -0.126. The highest BCUT2D eigenvalue weighted by molar-refractivity contribution is 5.74. The second-order valence-corrected chi connectivity index (χ2v) is 4.99. The fourth-order valence-corrected chi connectivity index (χ4v) is 2.40. The first-order valence-electron chi connectivity index (χ1n) is 7.58. The number of benzene rings is 2. The maximum atomic E-state index is 12.0. The van der Waals surface area contributed by atoms with Gasteiger partial charge in [-0.05, 0) is 43.3 Å². The molecule has 1 heterocycles. The second kappa shape index (κ2) is 6.96. The molecular weight excluding hydrogens is 292 g/mol. The zero-order valence-electron chi connectivity index (χ0n) is 12.9. The highest BCUT2D eigenvalue weighted by Crippen LogP contribution is 2.17. The summed E-state index contributed by atoms with van der Waals surface area (Å²) in [7, 11) is 0. The molecule has 0 N–H and O–H groups in total. The molecular formula is C18H18N2O3. The molecule has 0 aliphatic rings. The second-order valence-electron chi connectivity index (χ2n) is 4.99. The molecule has 0 spiro atoms. The molecule has 1 aromatic heterocycles. The Hall–Kier alpha value is -2.82. The van der Waals surface area contributed by atoms with Crippen LogP contribution < -0.4 is 15.0 Å². The van der Waals surface area contributed by atoms with Crippen molar-refractivity contribution in [2.75, 3.05) is 13.2 Å². The van der Waals surface area contributed by atoms with Gasteiger partial charge in [0.2, 0.25) is 0 Å². The zero-order chi connectivity index (χ0) is 16.1. The predicted octanol–water partition coefficient (Wildman–Crippen LogP) is 2.87. The van der Waals surface area contributed by atoms with Gasteiger partial charge in [-0.2, -0.15) is 0 Å². The van der Waals surface area contributed by atoms with Crippen molar-refractivity contribution in [3.05, 3.63) is 65.1 Å². The Morgan fingerprint density at radius 3 is 2.43 bits per heavy atom. The summed E-state index contributed by atoms with van der Waals surface area (Å²) in [5.41, 5.74) is 1.49. The van der Waals surface area contributed by atoms with Crippen LogP contribution in [0.4, 0.5) is 0 Å². The fourth-order valence-electron chi connectivity index (χ4n) is 2.40. The van der Waals surface area contributed by atoms with Crippen LogP contribution >= 0.6 is 0 Å². The van der Waals surface area contributed by atoms with Gasteiger partial charge in [0.05, 0.1) is 30.4 Å². The first kappa shape index (κ1) is 15.1. The lowest BCUT2D eigenvalue weighted by molar-refractivity contribution is 0.297. The average molecular weight is 310 g/mol. The van der Waals surface area contributed by atoms with Gasteiger partial charge < -0.3 is 14.0 Å². The first-order valence-corrected chi connectivity index (χ1v) is 7.58. The summed E-state index contributed by atoms with van der Waals surface area (Å²) in [6.45, 7) is 3.45. The minimum Gasteiger partial charge on any atom is -0.494 e. The van der Waals surface area contributed by atoms with Crippen molar-refractivity contribution >= 4 is 11.0 Å². The summed E-state index contributed by atoms with van der Waals surface area (Å²) in [6.07, 6.45) is 1.35. The van der Waals surface area contributed by atoms with Crippen molar-refractivity contribution in [3.8, 4) is 11.5 Å². The van der Waals surface area contributed by atoms with E-state index in [1.165, 1.54) is 6.20 Å². The van der Waals surface area contributed by atoms with Gasteiger partial charge in [0.25, 0.3) is 5.56 Å². The molecule has 0 saturated heterocycles. The predicted molar refractivity (Wildman–Crippen MR) is 89.1 cm³/mol. The zero-order valence-corrected chi connectivity index (χ0v) is 12.9. The summed E-state index contributed by atoms with van der Waals surface area (Å²) in [5, 5.41) is 0. The number of fused-ring (bicyclic) bond motifs is 1. The highest BCUT2D eigenvalue weighted by atomic mass is 16.5. The molecule has 0 amide bonds. The lowest BCUT2D eigenvalue weighted by Crippen LogP contribution is -2.23. The van der Waals surface area contributed by atoms with Crippen LogP contribution in [0.15, 0.2) is 59.5 Å². The number of ether oxygens (including phenoxy) is 2. The molecule has 2 aromatic carbocycles. The molecule has 0 saturated carbocycles. The molecule has 0 aliphatic heterocycles. The van der Waals surface area contributed by atoms with Gasteiger partial charge in [0.1, 0.15) is 18.1 Å². The van der Waals surface area contributed by atoms with Crippen molar-refractivity contribution in [1.29, 1.82) is 0 Å². The molecule has 0 fully saturated rings. The van der Waals surface area contributed by atoms with Crippen LogP contribution in [-0.4, -0.2) is 22.8 Å². The van der Waals surface area contributed by atoms with Gasteiger partial charge in [-0.1, -0.05) is 12.1 Å². The Kier molecular flexibility index (Phi) is 4.57. The quantitative estimate of drug-likeness (QED) is 0.702. The summed E-state index contributed by atoms with van der Waals surface area (Å²) in [4.78, 5) is 16.2.